The third-order valence-corrected chi connectivity index (χ3v) is 4.90. The summed E-state index contributed by atoms with van der Waals surface area (Å²) in [6.07, 6.45) is 7.70. The highest BCUT2D eigenvalue weighted by Gasteiger charge is 2.29. The van der Waals surface area contributed by atoms with Crippen molar-refractivity contribution < 1.29 is 0 Å². The molecule has 0 amide bonds. The molecule has 2 atom stereocenters. The number of piperidine rings is 1. The van der Waals surface area contributed by atoms with E-state index in [1.54, 1.807) is 0 Å². The smallest absolute Gasteiger partial charge is 0.165 e. The lowest BCUT2D eigenvalue weighted by Crippen LogP contribution is -2.43. The van der Waals surface area contributed by atoms with Crippen molar-refractivity contribution in [2.24, 2.45) is 5.92 Å². The molecule has 0 saturated carbocycles. The van der Waals surface area contributed by atoms with Crippen LogP contribution in [0.2, 0.25) is 0 Å². The van der Waals surface area contributed by atoms with E-state index in [9.17, 15) is 0 Å². The Kier molecular flexibility index (Phi) is 5.19. The quantitative estimate of drug-likeness (QED) is 0.859. The number of rotatable bonds is 6. The number of nitrogens with zero attached hydrogens (tertiary/aromatic N) is 5. The minimum absolute atomic E-state index is 0.740. The maximum absolute atomic E-state index is 4.23. The summed E-state index contributed by atoms with van der Waals surface area (Å²) in [5.41, 5.74) is 0. The van der Waals surface area contributed by atoms with Gasteiger partial charge in [-0.05, 0) is 61.5 Å². The molecule has 0 bridgehead atoms. The summed E-state index contributed by atoms with van der Waals surface area (Å²) in [6.45, 7) is 7.63. The molecule has 3 rings (SSSR count). The summed E-state index contributed by atoms with van der Waals surface area (Å²) in [5, 5.41) is 15.9. The van der Waals surface area contributed by atoms with E-state index in [1.807, 2.05) is 4.68 Å². The van der Waals surface area contributed by atoms with Crippen LogP contribution < -0.4 is 5.32 Å². The average Bonchev–Trinajstić information content (AvgIpc) is 3.17. The normalized spacial score (nSPS) is 27.3. The monoisotopic (exact) mass is 292 g/mol. The van der Waals surface area contributed by atoms with Gasteiger partial charge in [-0.2, -0.15) is 0 Å². The van der Waals surface area contributed by atoms with Gasteiger partial charge in [-0.15, -0.1) is 5.10 Å². The number of aryl methyl sites for hydroxylation is 1. The van der Waals surface area contributed by atoms with Crippen molar-refractivity contribution in [1.29, 1.82) is 0 Å². The first kappa shape index (κ1) is 14.9. The summed E-state index contributed by atoms with van der Waals surface area (Å²) < 4.78 is 1.99. The largest absolute Gasteiger partial charge is 0.314 e. The van der Waals surface area contributed by atoms with Crippen LogP contribution in [-0.4, -0.2) is 50.8 Å². The molecule has 1 aromatic heterocycles. The van der Waals surface area contributed by atoms with Gasteiger partial charge in [0.2, 0.25) is 0 Å². The number of tetrazole rings is 1. The van der Waals surface area contributed by atoms with Crippen LogP contribution in [-0.2, 0) is 13.1 Å². The molecule has 118 valence electrons. The lowest BCUT2D eigenvalue weighted by atomic mass is 9.90. The summed E-state index contributed by atoms with van der Waals surface area (Å²) >= 11 is 0. The lowest BCUT2D eigenvalue weighted by Gasteiger charge is -2.35. The van der Waals surface area contributed by atoms with Gasteiger partial charge in [0.05, 0.1) is 6.54 Å². The first-order valence-electron chi connectivity index (χ1n) is 8.57. The molecular weight excluding hydrogens is 264 g/mol. The van der Waals surface area contributed by atoms with E-state index in [0.29, 0.717) is 0 Å². The highest BCUT2D eigenvalue weighted by Crippen LogP contribution is 2.25. The summed E-state index contributed by atoms with van der Waals surface area (Å²) in [4.78, 5) is 2.54. The van der Waals surface area contributed by atoms with Gasteiger partial charge in [0.15, 0.2) is 5.82 Å². The molecule has 0 aliphatic carbocycles. The van der Waals surface area contributed by atoms with Crippen molar-refractivity contribution in [3.05, 3.63) is 5.82 Å². The Morgan fingerprint density at radius 2 is 2.24 bits per heavy atom. The number of likely N-dealkylation sites (tertiary alicyclic amines) is 1. The number of hydrogen-bond donors (Lipinski definition) is 1. The molecule has 2 aliphatic rings. The molecule has 6 heteroatoms. The van der Waals surface area contributed by atoms with Gasteiger partial charge in [0.25, 0.3) is 0 Å². The Hall–Kier alpha value is -1.01. The Balaban J connectivity index is 1.55. The van der Waals surface area contributed by atoms with Gasteiger partial charge in [0.1, 0.15) is 0 Å². The van der Waals surface area contributed by atoms with Crippen molar-refractivity contribution in [3.8, 4) is 0 Å². The van der Waals surface area contributed by atoms with Crippen molar-refractivity contribution in [3.63, 3.8) is 0 Å². The second-order valence-electron chi connectivity index (χ2n) is 6.51. The number of nitrogens with one attached hydrogen (secondary N) is 1. The van der Waals surface area contributed by atoms with Gasteiger partial charge in [-0.3, -0.25) is 4.90 Å². The first-order chi connectivity index (χ1) is 10.4. The summed E-state index contributed by atoms with van der Waals surface area (Å²) in [7, 11) is 0. The molecule has 2 saturated heterocycles. The molecule has 2 fully saturated rings. The average molecular weight is 292 g/mol. The Bertz CT molecular complexity index is 426. The zero-order valence-electron chi connectivity index (χ0n) is 13.2. The maximum atomic E-state index is 4.23. The molecule has 21 heavy (non-hydrogen) atoms. The molecular formula is C15H28N6. The van der Waals surface area contributed by atoms with Crippen LogP contribution in [0.5, 0.6) is 0 Å². The molecule has 6 nitrogen and oxygen atoms in total. The Morgan fingerprint density at radius 1 is 1.29 bits per heavy atom. The molecule has 0 radical (unpaired) electrons. The third-order valence-electron chi connectivity index (χ3n) is 4.90. The standard InChI is InChI=1S/C15H28N6/c1-2-3-10-21-15(17-18-19-21)12-20-9-5-6-13(11-20)14-7-4-8-16-14/h13-14,16H,2-12H2,1H3. The van der Waals surface area contributed by atoms with E-state index in [4.69, 9.17) is 0 Å². The van der Waals surface area contributed by atoms with Crippen LogP contribution in [0.1, 0.15) is 51.3 Å². The van der Waals surface area contributed by atoms with Crippen LogP contribution in [0.25, 0.3) is 0 Å². The van der Waals surface area contributed by atoms with Crippen LogP contribution in [0, 0.1) is 5.92 Å². The maximum Gasteiger partial charge on any atom is 0.165 e. The fraction of sp³-hybridized carbons (Fsp3) is 0.933. The predicted molar refractivity (Wildman–Crippen MR) is 81.8 cm³/mol. The molecule has 3 heterocycles. The van der Waals surface area contributed by atoms with Crippen LogP contribution in [0.3, 0.4) is 0 Å². The fourth-order valence-electron chi connectivity index (χ4n) is 3.70. The second kappa shape index (κ2) is 7.31. The molecule has 2 unspecified atom stereocenters. The Labute approximate surface area is 127 Å². The van der Waals surface area contributed by atoms with Crippen molar-refractivity contribution >= 4 is 0 Å². The third kappa shape index (κ3) is 3.80. The molecule has 1 aromatic rings. The zero-order chi connectivity index (χ0) is 14.5. The SMILES string of the molecule is CCCCn1nnnc1CN1CCCC(C2CCCN2)C1. The minimum atomic E-state index is 0.740. The summed E-state index contributed by atoms with van der Waals surface area (Å²) in [6, 6.07) is 0.740. The lowest BCUT2D eigenvalue weighted by molar-refractivity contribution is 0.140. The minimum Gasteiger partial charge on any atom is -0.314 e. The van der Waals surface area contributed by atoms with Crippen molar-refractivity contribution in [1.82, 2.24) is 30.4 Å². The summed E-state index contributed by atoms with van der Waals surface area (Å²) in [5.74, 6) is 1.84. The topological polar surface area (TPSA) is 58.9 Å². The van der Waals surface area contributed by atoms with Crippen LogP contribution >= 0.6 is 0 Å². The van der Waals surface area contributed by atoms with E-state index < -0.39 is 0 Å². The van der Waals surface area contributed by atoms with Gasteiger partial charge >= 0.3 is 0 Å². The number of unbranched alkanes of at least 4 members (excludes halogenated alkanes) is 1. The number of aromatic nitrogens is 4. The molecule has 1 N–H and O–H groups in total. The predicted octanol–water partition coefficient (Wildman–Crippen LogP) is 1.44. The molecule has 2 aliphatic heterocycles. The number of hydrogen-bond acceptors (Lipinski definition) is 5. The van der Waals surface area contributed by atoms with Crippen molar-refractivity contribution in [2.45, 2.75) is 64.6 Å². The van der Waals surface area contributed by atoms with Gasteiger partial charge in [0, 0.05) is 19.1 Å². The van der Waals surface area contributed by atoms with E-state index in [0.717, 1.165) is 37.3 Å². The highest BCUT2D eigenvalue weighted by atomic mass is 15.5. The fourth-order valence-corrected chi connectivity index (χ4v) is 3.70. The van der Waals surface area contributed by atoms with Crippen LogP contribution in [0.15, 0.2) is 0 Å². The van der Waals surface area contributed by atoms with E-state index in [1.165, 1.54) is 51.7 Å². The molecule has 0 spiro atoms. The van der Waals surface area contributed by atoms with E-state index in [2.05, 4.69) is 32.7 Å². The van der Waals surface area contributed by atoms with E-state index in [-0.39, 0.29) is 0 Å². The second-order valence-corrected chi connectivity index (χ2v) is 6.51. The highest BCUT2D eigenvalue weighted by molar-refractivity contribution is 4.89. The van der Waals surface area contributed by atoms with Crippen LogP contribution in [0.4, 0.5) is 0 Å². The van der Waals surface area contributed by atoms with Gasteiger partial charge < -0.3 is 5.32 Å². The van der Waals surface area contributed by atoms with Gasteiger partial charge in [-0.1, -0.05) is 13.3 Å². The zero-order valence-corrected chi connectivity index (χ0v) is 13.2. The molecule has 0 aromatic carbocycles. The van der Waals surface area contributed by atoms with E-state index >= 15 is 0 Å². The first-order valence-corrected chi connectivity index (χ1v) is 8.57. The van der Waals surface area contributed by atoms with Gasteiger partial charge in [-0.25, -0.2) is 4.68 Å². The Morgan fingerprint density at radius 3 is 3.05 bits per heavy atom. The van der Waals surface area contributed by atoms with Crippen molar-refractivity contribution in [2.75, 3.05) is 19.6 Å².